The molecule has 11 atom stereocenters. The molecule has 5 aliphatic carbocycles. The van der Waals surface area contributed by atoms with Crippen molar-refractivity contribution in [1.82, 2.24) is 0 Å². The van der Waals surface area contributed by atoms with Crippen molar-refractivity contribution >= 4 is 29.7 Å². The van der Waals surface area contributed by atoms with E-state index in [9.17, 15) is 24.0 Å². The van der Waals surface area contributed by atoms with Gasteiger partial charge in [0.15, 0.2) is 5.78 Å². The summed E-state index contributed by atoms with van der Waals surface area (Å²) in [7, 11) is 0. The predicted molar refractivity (Wildman–Crippen MR) is 173 cm³/mol. The van der Waals surface area contributed by atoms with Gasteiger partial charge in [-0.05, 0) is 91.4 Å². The van der Waals surface area contributed by atoms with Crippen LogP contribution in [-0.2, 0) is 42.9 Å². The van der Waals surface area contributed by atoms with Crippen molar-refractivity contribution in [3.8, 4) is 0 Å². The van der Waals surface area contributed by atoms with E-state index in [1.165, 1.54) is 33.3 Å². The topological polar surface area (TPSA) is 122 Å². The number of hydrogen-bond acceptors (Lipinski definition) is 9. The van der Waals surface area contributed by atoms with Crippen LogP contribution >= 0.6 is 0 Å². The summed E-state index contributed by atoms with van der Waals surface area (Å²) in [4.78, 5) is 63.0. The summed E-state index contributed by atoms with van der Waals surface area (Å²) in [5.74, 6) is -1.25. The molecule has 4 saturated carbocycles. The Morgan fingerprint density at radius 2 is 1.38 bits per heavy atom. The Kier molecular flexibility index (Phi) is 9.10. The van der Waals surface area contributed by atoms with E-state index in [1.54, 1.807) is 0 Å². The van der Waals surface area contributed by atoms with E-state index < -0.39 is 46.3 Å². The van der Waals surface area contributed by atoms with Crippen LogP contribution in [0.4, 0.5) is 0 Å². The SMILES string of the molecule is CC(=O)OC[C@]1(C)[C@@H]2CC[C@@]3(C)CC4=CC(=O)[C@H]5C(C)(C)[C@H](OC(C)=O)[C@H](OC(C)=O)C[C@]5(C)[C@H]4CC[C@@H]3[C@@]2(C)CC[C@H]1OC(C)=O. The molecule has 47 heavy (non-hydrogen) atoms. The smallest absolute Gasteiger partial charge is 0.303 e. The van der Waals surface area contributed by atoms with E-state index in [0.29, 0.717) is 18.8 Å². The van der Waals surface area contributed by atoms with Gasteiger partial charge in [-0.3, -0.25) is 24.0 Å². The molecule has 0 radical (unpaired) electrons. The molecule has 5 aliphatic rings. The summed E-state index contributed by atoms with van der Waals surface area (Å²) >= 11 is 0. The fourth-order valence-corrected chi connectivity index (χ4v) is 12.4. The lowest BCUT2D eigenvalue weighted by atomic mass is 9.41. The van der Waals surface area contributed by atoms with Gasteiger partial charge in [-0.1, -0.05) is 47.1 Å². The molecule has 0 aromatic carbocycles. The zero-order valence-corrected chi connectivity index (χ0v) is 30.2. The Labute approximate surface area is 280 Å². The predicted octanol–water partition coefficient (Wildman–Crippen LogP) is 6.55. The third-order valence-electron chi connectivity index (χ3n) is 13.7. The normalized spacial score (nSPS) is 43.7. The summed E-state index contributed by atoms with van der Waals surface area (Å²) in [6.07, 6.45) is 6.80. The molecule has 0 unspecified atom stereocenters. The van der Waals surface area contributed by atoms with Crippen molar-refractivity contribution in [2.75, 3.05) is 6.61 Å². The second-order valence-corrected chi connectivity index (χ2v) is 17.3. The standard InChI is InChI=1S/C38H56O9/c1-21(39)44-20-38(10)30-13-15-35(7)18-25-17-27(43)32-34(5,6)33(47-24(4)42)28(45-22(2)40)19-37(32,9)26(25)11-12-29(35)36(30,8)16-14-31(38)46-23(3)41/h17,26,28-33H,11-16,18-20H2,1-10H3/t26-,28+,29-,30+,31+,32-,33+,35-,36+,37+,38+/m0/s1. The maximum absolute atomic E-state index is 14.3. The number of esters is 4. The second-order valence-electron chi connectivity index (χ2n) is 17.3. The molecule has 0 aromatic heterocycles. The lowest BCUT2D eigenvalue weighted by Gasteiger charge is -2.64. The molecule has 0 N–H and O–H groups in total. The van der Waals surface area contributed by atoms with Crippen LogP contribution in [0.5, 0.6) is 0 Å². The molecule has 5 rings (SSSR count). The summed E-state index contributed by atoms with van der Waals surface area (Å²) in [6, 6.07) is 0. The first-order valence-corrected chi connectivity index (χ1v) is 17.6. The van der Waals surface area contributed by atoms with Crippen LogP contribution in [0.25, 0.3) is 0 Å². The lowest BCUT2D eigenvalue weighted by molar-refractivity contribution is -0.211. The Morgan fingerprint density at radius 1 is 0.745 bits per heavy atom. The molecular formula is C38H56O9. The third kappa shape index (κ3) is 5.85. The Bertz CT molecular complexity index is 1360. The minimum Gasteiger partial charge on any atom is -0.465 e. The number of hydrogen-bond donors (Lipinski definition) is 0. The monoisotopic (exact) mass is 656 g/mol. The number of ketones is 1. The van der Waals surface area contributed by atoms with Crippen LogP contribution in [0.3, 0.4) is 0 Å². The Morgan fingerprint density at radius 3 is 1.98 bits per heavy atom. The van der Waals surface area contributed by atoms with Crippen LogP contribution < -0.4 is 0 Å². The molecule has 0 saturated heterocycles. The zero-order chi connectivity index (χ0) is 34.9. The van der Waals surface area contributed by atoms with Crippen molar-refractivity contribution < 1.29 is 42.9 Å². The van der Waals surface area contributed by atoms with Gasteiger partial charge < -0.3 is 18.9 Å². The van der Waals surface area contributed by atoms with Crippen molar-refractivity contribution in [1.29, 1.82) is 0 Å². The van der Waals surface area contributed by atoms with Crippen molar-refractivity contribution in [3.05, 3.63) is 11.6 Å². The number of fused-ring (bicyclic) bond motifs is 6. The van der Waals surface area contributed by atoms with E-state index in [2.05, 4.69) is 27.7 Å². The molecule has 9 nitrogen and oxygen atoms in total. The summed E-state index contributed by atoms with van der Waals surface area (Å²) in [6.45, 7) is 18.9. The maximum atomic E-state index is 14.3. The van der Waals surface area contributed by atoms with Gasteiger partial charge in [0, 0.05) is 44.4 Å². The van der Waals surface area contributed by atoms with E-state index >= 15 is 0 Å². The molecular weight excluding hydrogens is 600 g/mol. The van der Waals surface area contributed by atoms with Gasteiger partial charge in [0.1, 0.15) is 24.9 Å². The first kappa shape index (κ1) is 35.6. The Hall–Kier alpha value is -2.71. The molecule has 0 spiro atoms. The number of ether oxygens (including phenoxy) is 4. The average Bonchev–Trinajstić information content (AvgIpc) is 3.07. The van der Waals surface area contributed by atoms with Crippen molar-refractivity contribution in [3.63, 3.8) is 0 Å². The van der Waals surface area contributed by atoms with Crippen molar-refractivity contribution in [2.45, 2.75) is 139 Å². The van der Waals surface area contributed by atoms with Gasteiger partial charge in [0.25, 0.3) is 0 Å². The summed E-state index contributed by atoms with van der Waals surface area (Å²) in [5.41, 5.74) is -0.725. The highest BCUT2D eigenvalue weighted by Crippen LogP contribution is 2.70. The first-order chi connectivity index (χ1) is 21.7. The molecule has 0 aliphatic heterocycles. The molecule has 9 heteroatoms. The van der Waals surface area contributed by atoms with Gasteiger partial charge in [0.2, 0.25) is 0 Å². The fraction of sp³-hybridized carbons (Fsp3) is 0.816. The van der Waals surface area contributed by atoms with Crippen molar-refractivity contribution in [2.24, 2.45) is 50.7 Å². The van der Waals surface area contributed by atoms with E-state index in [-0.39, 0.29) is 53.1 Å². The van der Waals surface area contributed by atoms with E-state index in [4.69, 9.17) is 18.9 Å². The molecule has 4 fully saturated rings. The maximum Gasteiger partial charge on any atom is 0.303 e. The fourth-order valence-electron chi connectivity index (χ4n) is 12.4. The van der Waals surface area contributed by atoms with Crippen LogP contribution in [0, 0.1) is 50.7 Å². The first-order valence-electron chi connectivity index (χ1n) is 17.6. The third-order valence-corrected chi connectivity index (χ3v) is 13.7. The summed E-state index contributed by atoms with van der Waals surface area (Å²) < 4.78 is 23.3. The minimum absolute atomic E-state index is 0.0499. The Balaban J connectivity index is 1.53. The number of rotatable bonds is 5. The molecule has 0 heterocycles. The van der Waals surface area contributed by atoms with Gasteiger partial charge in [-0.15, -0.1) is 0 Å². The van der Waals surface area contributed by atoms with Crippen LogP contribution in [0.2, 0.25) is 0 Å². The quantitative estimate of drug-likeness (QED) is 0.240. The average molecular weight is 657 g/mol. The van der Waals surface area contributed by atoms with E-state index in [1.807, 2.05) is 19.9 Å². The largest absolute Gasteiger partial charge is 0.465 e. The number of allylic oxidation sites excluding steroid dienone is 2. The van der Waals surface area contributed by atoms with Gasteiger partial charge in [-0.2, -0.15) is 0 Å². The highest BCUT2D eigenvalue weighted by molar-refractivity contribution is 5.95. The number of carbonyl (C=O) groups is 5. The highest BCUT2D eigenvalue weighted by Gasteiger charge is 2.67. The number of carbonyl (C=O) groups excluding carboxylic acids is 5. The molecule has 0 amide bonds. The highest BCUT2D eigenvalue weighted by atomic mass is 16.6. The molecule has 262 valence electrons. The van der Waals surface area contributed by atoms with Gasteiger partial charge in [0.05, 0.1) is 0 Å². The van der Waals surface area contributed by atoms with Crippen LogP contribution in [0.15, 0.2) is 11.6 Å². The second kappa shape index (κ2) is 12.0. The lowest BCUT2D eigenvalue weighted by Crippen LogP contribution is -2.63. The minimum atomic E-state index is -0.758. The summed E-state index contributed by atoms with van der Waals surface area (Å²) in [5, 5.41) is 0. The van der Waals surface area contributed by atoms with Gasteiger partial charge in [-0.25, -0.2) is 0 Å². The molecule has 0 bridgehead atoms. The van der Waals surface area contributed by atoms with Gasteiger partial charge >= 0.3 is 23.9 Å². The zero-order valence-electron chi connectivity index (χ0n) is 30.2. The van der Waals surface area contributed by atoms with Crippen LogP contribution in [0.1, 0.15) is 121 Å². The van der Waals surface area contributed by atoms with E-state index in [0.717, 1.165) is 38.5 Å². The molecule has 0 aromatic rings. The van der Waals surface area contributed by atoms with Crippen LogP contribution in [-0.4, -0.2) is 54.6 Å².